The SMILES string of the molecule is Cc1ccccc1[C@H](CC(=O)O)NC(=O)c1ccnc(-c2ccc(F)c(F)c2)c1. The molecule has 0 fully saturated rings. The van der Waals surface area contributed by atoms with Gasteiger partial charge in [0.05, 0.1) is 18.2 Å². The molecule has 148 valence electrons. The lowest BCUT2D eigenvalue weighted by atomic mass is 9.98. The Kier molecular flexibility index (Phi) is 5.97. The Labute approximate surface area is 166 Å². The number of nitrogens with one attached hydrogen (secondary N) is 1. The Morgan fingerprint density at radius 2 is 1.83 bits per heavy atom. The first kappa shape index (κ1) is 20.1. The number of carbonyl (C=O) groups excluding carboxylic acids is 1. The van der Waals surface area contributed by atoms with Crippen molar-refractivity contribution in [3.05, 3.63) is 89.1 Å². The van der Waals surface area contributed by atoms with Crippen molar-refractivity contribution in [1.82, 2.24) is 10.3 Å². The molecule has 0 aliphatic carbocycles. The number of aryl methyl sites for hydroxylation is 1. The third kappa shape index (κ3) is 4.82. The maximum Gasteiger partial charge on any atom is 0.305 e. The van der Waals surface area contributed by atoms with Crippen molar-refractivity contribution in [2.45, 2.75) is 19.4 Å². The largest absolute Gasteiger partial charge is 0.481 e. The Hall–Kier alpha value is -3.61. The van der Waals surface area contributed by atoms with Gasteiger partial charge in [-0.05, 0) is 48.4 Å². The lowest BCUT2D eigenvalue weighted by Crippen LogP contribution is -2.30. The van der Waals surface area contributed by atoms with Crippen molar-refractivity contribution >= 4 is 11.9 Å². The number of carboxylic acids is 1. The molecule has 2 N–H and O–H groups in total. The topological polar surface area (TPSA) is 79.3 Å². The van der Waals surface area contributed by atoms with Crippen molar-refractivity contribution in [1.29, 1.82) is 0 Å². The number of hydrogen-bond acceptors (Lipinski definition) is 3. The van der Waals surface area contributed by atoms with Gasteiger partial charge >= 0.3 is 5.97 Å². The molecule has 3 rings (SSSR count). The first-order valence-corrected chi connectivity index (χ1v) is 8.85. The maximum absolute atomic E-state index is 13.5. The van der Waals surface area contributed by atoms with Gasteiger partial charge in [0.25, 0.3) is 5.91 Å². The highest BCUT2D eigenvalue weighted by Gasteiger charge is 2.21. The maximum atomic E-state index is 13.5. The number of pyridine rings is 1. The van der Waals surface area contributed by atoms with Gasteiger partial charge in [-0.15, -0.1) is 0 Å². The molecule has 7 heteroatoms. The van der Waals surface area contributed by atoms with E-state index in [1.165, 1.54) is 24.4 Å². The minimum atomic E-state index is -1.05. The zero-order chi connectivity index (χ0) is 21.0. The van der Waals surface area contributed by atoms with Crippen LogP contribution in [-0.4, -0.2) is 22.0 Å². The van der Waals surface area contributed by atoms with Gasteiger partial charge in [0, 0.05) is 17.3 Å². The number of hydrogen-bond donors (Lipinski definition) is 2. The second kappa shape index (κ2) is 8.60. The van der Waals surface area contributed by atoms with E-state index in [4.69, 9.17) is 0 Å². The van der Waals surface area contributed by atoms with Crippen molar-refractivity contribution in [3.63, 3.8) is 0 Å². The standard InChI is InChI=1S/C22H18F2N2O3/c1-13-4-2-3-5-16(13)20(12-21(27)28)26-22(29)15-8-9-25-19(11-15)14-6-7-17(23)18(24)10-14/h2-11,20H,12H2,1H3,(H,26,29)(H,27,28)/t20-/m0/s1. The molecular formula is C22H18F2N2O3. The Morgan fingerprint density at radius 3 is 2.52 bits per heavy atom. The van der Waals surface area contributed by atoms with E-state index in [0.29, 0.717) is 16.8 Å². The van der Waals surface area contributed by atoms with Crippen LogP contribution >= 0.6 is 0 Å². The van der Waals surface area contributed by atoms with Crippen molar-refractivity contribution in [2.75, 3.05) is 0 Å². The summed E-state index contributed by atoms with van der Waals surface area (Å²) < 4.78 is 26.7. The van der Waals surface area contributed by atoms with Crippen molar-refractivity contribution < 1.29 is 23.5 Å². The van der Waals surface area contributed by atoms with E-state index in [1.807, 2.05) is 19.1 Å². The van der Waals surface area contributed by atoms with Gasteiger partial charge in [0.2, 0.25) is 0 Å². The number of benzene rings is 2. The summed E-state index contributed by atoms with van der Waals surface area (Å²) in [4.78, 5) is 28.1. The van der Waals surface area contributed by atoms with Crippen molar-refractivity contribution in [3.8, 4) is 11.3 Å². The molecule has 0 unspecified atom stereocenters. The number of aliphatic carboxylic acids is 1. The first-order chi connectivity index (χ1) is 13.8. The quantitative estimate of drug-likeness (QED) is 0.652. The van der Waals surface area contributed by atoms with Crippen LogP contribution in [-0.2, 0) is 4.79 Å². The molecule has 3 aromatic rings. The number of aromatic nitrogens is 1. The third-order valence-electron chi connectivity index (χ3n) is 4.49. The highest BCUT2D eigenvalue weighted by Crippen LogP contribution is 2.23. The van der Waals surface area contributed by atoms with E-state index in [0.717, 1.165) is 17.7 Å². The number of carboxylic acid groups (broad SMARTS) is 1. The van der Waals surface area contributed by atoms with Crippen LogP contribution in [0.25, 0.3) is 11.3 Å². The summed E-state index contributed by atoms with van der Waals surface area (Å²) in [6, 6.07) is 12.7. The number of rotatable bonds is 6. The Morgan fingerprint density at radius 1 is 1.07 bits per heavy atom. The first-order valence-electron chi connectivity index (χ1n) is 8.85. The Balaban J connectivity index is 1.88. The molecule has 5 nitrogen and oxygen atoms in total. The van der Waals surface area contributed by atoms with Crippen LogP contribution in [0.2, 0.25) is 0 Å². The van der Waals surface area contributed by atoms with Gasteiger partial charge in [-0.3, -0.25) is 14.6 Å². The highest BCUT2D eigenvalue weighted by molar-refractivity contribution is 5.95. The minimum Gasteiger partial charge on any atom is -0.481 e. The normalized spacial score (nSPS) is 11.7. The Bertz CT molecular complexity index is 1070. The molecule has 2 aromatic carbocycles. The molecule has 1 amide bonds. The smallest absolute Gasteiger partial charge is 0.305 e. The van der Waals surface area contributed by atoms with E-state index in [9.17, 15) is 23.5 Å². The average molecular weight is 396 g/mol. The number of amides is 1. The molecule has 0 aliphatic rings. The second-order valence-corrected chi connectivity index (χ2v) is 6.54. The lowest BCUT2D eigenvalue weighted by molar-refractivity contribution is -0.137. The third-order valence-corrected chi connectivity index (χ3v) is 4.49. The van der Waals surface area contributed by atoms with Crippen LogP contribution in [0.15, 0.2) is 60.8 Å². The summed E-state index contributed by atoms with van der Waals surface area (Å²) in [5, 5.41) is 12.0. The zero-order valence-electron chi connectivity index (χ0n) is 15.5. The molecule has 0 saturated heterocycles. The summed E-state index contributed by atoms with van der Waals surface area (Å²) in [7, 11) is 0. The summed E-state index contributed by atoms with van der Waals surface area (Å²) in [5.41, 5.74) is 2.40. The fourth-order valence-corrected chi connectivity index (χ4v) is 3.02. The summed E-state index contributed by atoms with van der Waals surface area (Å²) in [5.74, 6) is -3.53. The second-order valence-electron chi connectivity index (χ2n) is 6.54. The molecule has 1 atom stereocenters. The number of halogens is 2. The van der Waals surface area contributed by atoms with E-state index in [2.05, 4.69) is 10.3 Å². The molecule has 0 spiro atoms. The lowest BCUT2D eigenvalue weighted by Gasteiger charge is -2.19. The fraction of sp³-hybridized carbons (Fsp3) is 0.136. The van der Waals surface area contributed by atoms with Crippen LogP contribution in [0.1, 0.15) is 33.9 Å². The average Bonchev–Trinajstić information content (AvgIpc) is 2.69. The van der Waals surface area contributed by atoms with Crippen molar-refractivity contribution in [2.24, 2.45) is 0 Å². The minimum absolute atomic E-state index is 0.226. The molecule has 29 heavy (non-hydrogen) atoms. The predicted molar refractivity (Wildman–Crippen MR) is 103 cm³/mol. The summed E-state index contributed by atoms with van der Waals surface area (Å²) in [6.45, 7) is 1.84. The molecule has 0 radical (unpaired) electrons. The molecule has 0 saturated carbocycles. The summed E-state index contributed by atoms with van der Waals surface area (Å²) >= 11 is 0. The van der Waals surface area contributed by atoms with Gasteiger partial charge in [-0.2, -0.15) is 0 Å². The van der Waals surface area contributed by atoms with Gasteiger partial charge in [0.1, 0.15) is 0 Å². The van der Waals surface area contributed by atoms with E-state index in [-0.39, 0.29) is 12.0 Å². The highest BCUT2D eigenvalue weighted by atomic mass is 19.2. The molecule has 0 bridgehead atoms. The van der Waals surface area contributed by atoms with Crippen LogP contribution in [0.3, 0.4) is 0 Å². The number of nitrogens with zero attached hydrogens (tertiary/aromatic N) is 1. The van der Waals surface area contributed by atoms with Gasteiger partial charge in [0.15, 0.2) is 11.6 Å². The van der Waals surface area contributed by atoms with Crippen LogP contribution in [0, 0.1) is 18.6 Å². The van der Waals surface area contributed by atoms with Gasteiger partial charge in [-0.25, -0.2) is 8.78 Å². The number of carbonyl (C=O) groups is 2. The molecular weight excluding hydrogens is 378 g/mol. The van der Waals surface area contributed by atoms with E-state index < -0.39 is 29.6 Å². The monoisotopic (exact) mass is 396 g/mol. The molecule has 1 aromatic heterocycles. The van der Waals surface area contributed by atoms with Gasteiger partial charge < -0.3 is 10.4 Å². The van der Waals surface area contributed by atoms with Gasteiger partial charge in [-0.1, -0.05) is 24.3 Å². The van der Waals surface area contributed by atoms with E-state index in [1.54, 1.807) is 12.1 Å². The zero-order valence-corrected chi connectivity index (χ0v) is 15.5. The molecule has 1 heterocycles. The van der Waals surface area contributed by atoms with Crippen LogP contribution in [0.4, 0.5) is 8.78 Å². The fourth-order valence-electron chi connectivity index (χ4n) is 3.02. The van der Waals surface area contributed by atoms with Crippen LogP contribution in [0.5, 0.6) is 0 Å². The predicted octanol–water partition coefficient (Wildman–Crippen LogP) is 4.28. The van der Waals surface area contributed by atoms with Crippen LogP contribution < -0.4 is 5.32 Å². The van der Waals surface area contributed by atoms with E-state index >= 15 is 0 Å². The summed E-state index contributed by atoms with van der Waals surface area (Å²) in [6.07, 6.45) is 1.10. The molecule has 0 aliphatic heterocycles.